The van der Waals surface area contributed by atoms with Gasteiger partial charge in [0.25, 0.3) is 0 Å². The van der Waals surface area contributed by atoms with Gasteiger partial charge in [0.15, 0.2) is 0 Å². The average Bonchev–Trinajstić information content (AvgIpc) is 2.60. The number of nitrogens with two attached hydrogens (primary N) is 1. The standard InChI is InChI=1S/C13H18N2O2S/c1-9-7-10(8-11(12(9)14)13(16)17)15-3-2-5-18-6-4-15/h7-8H,2-6,14H2,1H3,(H,16,17). The predicted octanol–water partition coefficient (Wildman–Crippen LogP) is 2.22. The summed E-state index contributed by atoms with van der Waals surface area (Å²) in [5.41, 5.74) is 8.20. The summed E-state index contributed by atoms with van der Waals surface area (Å²) in [4.78, 5) is 13.4. The number of anilines is 2. The first kappa shape index (κ1) is 13.1. The molecule has 1 aliphatic rings. The molecule has 3 N–H and O–H groups in total. The number of hydrogen-bond donors (Lipinski definition) is 2. The van der Waals surface area contributed by atoms with Crippen LogP contribution in [0, 0.1) is 6.92 Å². The van der Waals surface area contributed by atoms with Crippen molar-refractivity contribution >= 4 is 29.1 Å². The minimum absolute atomic E-state index is 0.210. The van der Waals surface area contributed by atoms with Gasteiger partial charge in [-0.25, -0.2) is 4.79 Å². The van der Waals surface area contributed by atoms with E-state index in [9.17, 15) is 4.79 Å². The van der Waals surface area contributed by atoms with Gasteiger partial charge in [-0.3, -0.25) is 0 Å². The number of thioether (sulfide) groups is 1. The van der Waals surface area contributed by atoms with Crippen LogP contribution in [0.5, 0.6) is 0 Å². The number of carbonyl (C=O) groups is 1. The maximum absolute atomic E-state index is 11.2. The van der Waals surface area contributed by atoms with E-state index in [1.54, 1.807) is 6.07 Å². The quantitative estimate of drug-likeness (QED) is 0.803. The molecule has 18 heavy (non-hydrogen) atoms. The smallest absolute Gasteiger partial charge is 0.337 e. The van der Waals surface area contributed by atoms with Crippen molar-refractivity contribution in [3.63, 3.8) is 0 Å². The summed E-state index contributed by atoms with van der Waals surface area (Å²) in [5, 5.41) is 9.17. The van der Waals surface area contributed by atoms with E-state index in [4.69, 9.17) is 10.8 Å². The fourth-order valence-electron chi connectivity index (χ4n) is 2.14. The van der Waals surface area contributed by atoms with Crippen molar-refractivity contribution in [2.24, 2.45) is 0 Å². The Labute approximate surface area is 111 Å². The molecule has 0 aromatic heterocycles. The lowest BCUT2D eigenvalue weighted by Crippen LogP contribution is -2.26. The van der Waals surface area contributed by atoms with Gasteiger partial charge in [-0.1, -0.05) is 0 Å². The maximum Gasteiger partial charge on any atom is 0.337 e. The minimum atomic E-state index is -0.957. The Morgan fingerprint density at radius 3 is 2.89 bits per heavy atom. The number of benzene rings is 1. The van der Waals surface area contributed by atoms with Crippen molar-refractivity contribution < 1.29 is 9.90 Å². The number of nitrogen functional groups attached to an aromatic ring is 1. The highest BCUT2D eigenvalue weighted by Gasteiger charge is 2.16. The molecule has 1 aliphatic heterocycles. The number of carboxylic acid groups (broad SMARTS) is 1. The van der Waals surface area contributed by atoms with Crippen molar-refractivity contribution in [1.82, 2.24) is 0 Å². The molecule has 1 aromatic carbocycles. The Bertz CT molecular complexity index is 455. The third-order valence-corrected chi connectivity index (χ3v) is 4.24. The lowest BCUT2D eigenvalue weighted by Gasteiger charge is -2.23. The number of nitrogens with zero attached hydrogens (tertiary/aromatic N) is 1. The van der Waals surface area contributed by atoms with Gasteiger partial charge in [0.2, 0.25) is 0 Å². The van der Waals surface area contributed by atoms with Crippen LogP contribution in [0.2, 0.25) is 0 Å². The Kier molecular flexibility index (Phi) is 4.01. The van der Waals surface area contributed by atoms with Crippen LogP contribution >= 0.6 is 11.8 Å². The molecule has 0 unspecified atom stereocenters. The molecule has 5 heteroatoms. The topological polar surface area (TPSA) is 66.6 Å². The van der Waals surface area contributed by atoms with Crippen LogP contribution in [0.15, 0.2) is 12.1 Å². The van der Waals surface area contributed by atoms with E-state index >= 15 is 0 Å². The Hall–Kier alpha value is -1.36. The van der Waals surface area contributed by atoms with Crippen LogP contribution in [-0.2, 0) is 0 Å². The Balaban J connectivity index is 2.35. The van der Waals surface area contributed by atoms with E-state index in [1.165, 1.54) is 5.75 Å². The second-order valence-electron chi connectivity index (χ2n) is 4.48. The normalized spacial score (nSPS) is 16.4. The molecule has 0 atom stereocenters. The van der Waals surface area contributed by atoms with E-state index in [-0.39, 0.29) is 5.56 Å². The van der Waals surface area contributed by atoms with E-state index in [1.807, 2.05) is 24.8 Å². The molecule has 0 radical (unpaired) electrons. The van der Waals surface area contributed by atoms with Gasteiger partial charge in [-0.15, -0.1) is 0 Å². The van der Waals surface area contributed by atoms with Crippen molar-refractivity contribution in [3.8, 4) is 0 Å². The van der Waals surface area contributed by atoms with Gasteiger partial charge in [-0.2, -0.15) is 11.8 Å². The Morgan fingerprint density at radius 1 is 1.39 bits per heavy atom. The lowest BCUT2D eigenvalue weighted by atomic mass is 10.1. The molecule has 1 aromatic rings. The largest absolute Gasteiger partial charge is 0.478 e. The van der Waals surface area contributed by atoms with Gasteiger partial charge < -0.3 is 15.7 Å². The van der Waals surface area contributed by atoms with Crippen molar-refractivity contribution in [2.45, 2.75) is 13.3 Å². The molecule has 0 amide bonds. The molecule has 0 spiro atoms. The third-order valence-electron chi connectivity index (χ3n) is 3.19. The highest BCUT2D eigenvalue weighted by atomic mass is 32.2. The molecule has 98 valence electrons. The van der Waals surface area contributed by atoms with Crippen LogP contribution in [-0.4, -0.2) is 35.7 Å². The maximum atomic E-state index is 11.2. The second-order valence-corrected chi connectivity index (χ2v) is 5.71. The van der Waals surface area contributed by atoms with Gasteiger partial charge in [0.05, 0.1) is 5.56 Å². The highest BCUT2D eigenvalue weighted by Crippen LogP contribution is 2.27. The molecular formula is C13H18N2O2S. The summed E-state index contributed by atoms with van der Waals surface area (Å²) in [6.45, 7) is 3.81. The third kappa shape index (κ3) is 2.72. The summed E-state index contributed by atoms with van der Waals surface area (Å²) >= 11 is 1.95. The zero-order valence-electron chi connectivity index (χ0n) is 10.5. The molecule has 4 nitrogen and oxygen atoms in total. The van der Waals surface area contributed by atoms with Crippen LogP contribution in [0.3, 0.4) is 0 Å². The number of aryl methyl sites for hydroxylation is 1. The highest BCUT2D eigenvalue weighted by molar-refractivity contribution is 7.99. The van der Waals surface area contributed by atoms with E-state index in [0.717, 1.165) is 36.5 Å². The number of aromatic carboxylic acids is 1. The second kappa shape index (κ2) is 5.52. The van der Waals surface area contributed by atoms with Crippen molar-refractivity contribution in [2.75, 3.05) is 35.2 Å². The fourth-order valence-corrected chi connectivity index (χ4v) is 3.03. The van der Waals surface area contributed by atoms with Gasteiger partial charge in [0, 0.05) is 30.2 Å². The predicted molar refractivity (Wildman–Crippen MR) is 76.7 cm³/mol. The molecule has 0 bridgehead atoms. The zero-order valence-corrected chi connectivity index (χ0v) is 11.3. The first-order valence-electron chi connectivity index (χ1n) is 6.05. The minimum Gasteiger partial charge on any atom is -0.478 e. The molecule has 1 fully saturated rings. The van der Waals surface area contributed by atoms with Gasteiger partial charge >= 0.3 is 5.97 Å². The number of hydrogen-bond acceptors (Lipinski definition) is 4. The molecule has 2 rings (SSSR count). The average molecular weight is 266 g/mol. The van der Waals surface area contributed by atoms with E-state index < -0.39 is 5.97 Å². The van der Waals surface area contributed by atoms with Crippen LogP contribution in [0.4, 0.5) is 11.4 Å². The fraction of sp³-hybridized carbons (Fsp3) is 0.462. The molecule has 0 saturated carbocycles. The van der Waals surface area contributed by atoms with Gasteiger partial charge in [-0.05, 0) is 36.8 Å². The molecule has 0 aliphatic carbocycles. The summed E-state index contributed by atoms with van der Waals surface area (Å²) in [5.74, 6) is 1.31. The monoisotopic (exact) mass is 266 g/mol. The zero-order chi connectivity index (χ0) is 13.1. The summed E-state index contributed by atoms with van der Waals surface area (Å²) in [7, 11) is 0. The van der Waals surface area contributed by atoms with Crippen molar-refractivity contribution in [3.05, 3.63) is 23.3 Å². The summed E-state index contributed by atoms with van der Waals surface area (Å²) in [6.07, 6.45) is 1.14. The summed E-state index contributed by atoms with van der Waals surface area (Å²) < 4.78 is 0. The molecule has 1 saturated heterocycles. The molecule has 1 heterocycles. The van der Waals surface area contributed by atoms with Gasteiger partial charge in [0.1, 0.15) is 0 Å². The molecular weight excluding hydrogens is 248 g/mol. The van der Waals surface area contributed by atoms with Crippen LogP contribution in [0.1, 0.15) is 22.3 Å². The lowest BCUT2D eigenvalue weighted by molar-refractivity contribution is 0.0698. The first-order valence-corrected chi connectivity index (χ1v) is 7.21. The van der Waals surface area contributed by atoms with Crippen molar-refractivity contribution in [1.29, 1.82) is 0 Å². The first-order chi connectivity index (χ1) is 8.59. The van der Waals surface area contributed by atoms with E-state index in [2.05, 4.69) is 4.90 Å². The van der Waals surface area contributed by atoms with Crippen LogP contribution < -0.4 is 10.6 Å². The van der Waals surface area contributed by atoms with E-state index in [0.29, 0.717) is 5.69 Å². The SMILES string of the molecule is Cc1cc(N2CCCSCC2)cc(C(=O)O)c1N. The number of carboxylic acids is 1. The summed E-state index contributed by atoms with van der Waals surface area (Å²) in [6, 6.07) is 3.68. The Morgan fingerprint density at radius 2 is 2.17 bits per heavy atom. The van der Waals surface area contributed by atoms with Crippen LogP contribution in [0.25, 0.3) is 0 Å². The number of rotatable bonds is 2.